The first-order valence-corrected chi connectivity index (χ1v) is 8.00. The summed E-state index contributed by atoms with van der Waals surface area (Å²) in [4.78, 5) is 12.4. The minimum atomic E-state index is -0.218. The fourth-order valence-corrected chi connectivity index (χ4v) is 2.94. The first kappa shape index (κ1) is 15.6. The predicted molar refractivity (Wildman–Crippen MR) is 83.4 cm³/mol. The zero-order chi connectivity index (χ0) is 16.1. The first-order valence-electron chi connectivity index (χ1n) is 8.00. The molecule has 0 spiro atoms. The van der Waals surface area contributed by atoms with Crippen molar-refractivity contribution in [2.75, 3.05) is 6.61 Å². The second kappa shape index (κ2) is 7.32. The smallest absolute Gasteiger partial charge is 0.223 e. The standard InChI is InChI=1S/C16H21N5O2/c1-2-5-13(16-18-20-21-19-16)17-15(22)10-14-12-7-4-3-6-11(12)8-9-23-14/h3-4,6-7,13-14H,2,5,8-10H2,1H3,(H,17,22)(H,18,19,20,21)/t13-,14-/m0/s1. The van der Waals surface area contributed by atoms with Crippen molar-refractivity contribution in [3.8, 4) is 0 Å². The molecular weight excluding hydrogens is 294 g/mol. The molecule has 1 aromatic carbocycles. The summed E-state index contributed by atoms with van der Waals surface area (Å²) in [6, 6.07) is 7.92. The van der Waals surface area contributed by atoms with E-state index in [2.05, 4.69) is 38.9 Å². The van der Waals surface area contributed by atoms with E-state index < -0.39 is 0 Å². The lowest BCUT2D eigenvalue weighted by Gasteiger charge is -2.26. The molecule has 0 aliphatic carbocycles. The van der Waals surface area contributed by atoms with E-state index in [0.29, 0.717) is 18.9 Å². The van der Waals surface area contributed by atoms with Crippen molar-refractivity contribution in [1.82, 2.24) is 25.9 Å². The zero-order valence-corrected chi connectivity index (χ0v) is 13.2. The maximum atomic E-state index is 12.4. The molecule has 0 saturated heterocycles. The fraction of sp³-hybridized carbons (Fsp3) is 0.500. The topological polar surface area (TPSA) is 92.8 Å². The third-order valence-electron chi connectivity index (χ3n) is 4.05. The Hall–Kier alpha value is -2.28. The van der Waals surface area contributed by atoms with E-state index in [1.165, 1.54) is 5.56 Å². The maximum absolute atomic E-state index is 12.4. The molecule has 1 aromatic heterocycles. The van der Waals surface area contributed by atoms with Gasteiger partial charge in [-0.2, -0.15) is 5.21 Å². The molecule has 2 aromatic rings. The van der Waals surface area contributed by atoms with E-state index in [4.69, 9.17) is 4.74 Å². The number of H-pyrrole nitrogens is 1. The molecule has 0 saturated carbocycles. The van der Waals surface area contributed by atoms with Crippen LogP contribution in [0.3, 0.4) is 0 Å². The van der Waals surface area contributed by atoms with Crippen LogP contribution in [0.25, 0.3) is 0 Å². The number of rotatable bonds is 6. The number of carbonyl (C=O) groups is 1. The van der Waals surface area contributed by atoms with E-state index in [1.807, 2.05) is 18.2 Å². The Labute approximate surface area is 134 Å². The quantitative estimate of drug-likeness (QED) is 0.849. The number of aromatic amines is 1. The van der Waals surface area contributed by atoms with E-state index in [-0.39, 0.29) is 18.1 Å². The van der Waals surface area contributed by atoms with Crippen molar-refractivity contribution >= 4 is 5.91 Å². The van der Waals surface area contributed by atoms with Gasteiger partial charge in [0.2, 0.25) is 5.91 Å². The molecule has 0 radical (unpaired) electrons. The van der Waals surface area contributed by atoms with Gasteiger partial charge in [-0.15, -0.1) is 10.2 Å². The summed E-state index contributed by atoms with van der Waals surface area (Å²) in [7, 11) is 0. The Morgan fingerprint density at radius 2 is 2.35 bits per heavy atom. The summed E-state index contributed by atoms with van der Waals surface area (Å²) >= 11 is 0. The highest BCUT2D eigenvalue weighted by Crippen LogP contribution is 2.29. The molecule has 0 bridgehead atoms. The van der Waals surface area contributed by atoms with Crippen LogP contribution in [-0.4, -0.2) is 33.1 Å². The molecule has 122 valence electrons. The summed E-state index contributed by atoms with van der Waals surface area (Å²) in [5, 5.41) is 16.9. The Morgan fingerprint density at radius 3 is 3.13 bits per heavy atom. The van der Waals surface area contributed by atoms with Crippen LogP contribution in [0.15, 0.2) is 24.3 Å². The summed E-state index contributed by atoms with van der Waals surface area (Å²) in [6.07, 6.45) is 2.70. The monoisotopic (exact) mass is 315 g/mol. The molecule has 1 aliphatic rings. The molecule has 2 heterocycles. The van der Waals surface area contributed by atoms with Gasteiger partial charge in [0, 0.05) is 0 Å². The molecule has 3 rings (SSSR count). The Balaban J connectivity index is 1.65. The van der Waals surface area contributed by atoms with Gasteiger partial charge in [-0.1, -0.05) is 42.8 Å². The predicted octanol–water partition coefficient (Wildman–Crippen LogP) is 1.86. The molecular formula is C16H21N5O2. The summed E-state index contributed by atoms with van der Waals surface area (Å²) in [5.74, 6) is 0.458. The van der Waals surface area contributed by atoms with Crippen molar-refractivity contribution in [3.63, 3.8) is 0 Å². The van der Waals surface area contributed by atoms with Crippen LogP contribution < -0.4 is 5.32 Å². The number of fused-ring (bicyclic) bond motifs is 1. The number of hydrogen-bond acceptors (Lipinski definition) is 5. The molecule has 1 amide bonds. The SMILES string of the molecule is CCC[C@H](NC(=O)C[C@@H]1OCCc2ccccc21)c1nn[nH]n1. The number of nitrogens with one attached hydrogen (secondary N) is 2. The number of carbonyl (C=O) groups excluding carboxylic acids is 1. The molecule has 7 heteroatoms. The van der Waals surface area contributed by atoms with Gasteiger partial charge in [0.1, 0.15) is 0 Å². The van der Waals surface area contributed by atoms with Gasteiger partial charge in [0.05, 0.1) is 25.2 Å². The molecule has 2 atom stereocenters. The molecule has 0 fully saturated rings. The van der Waals surface area contributed by atoms with Gasteiger partial charge < -0.3 is 10.1 Å². The van der Waals surface area contributed by atoms with E-state index in [0.717, 1.165) is 24.8 Å². The largest absolute Gasteiger partial charge is 0.373 e. The average molecular weight is 315 g/mol. The lowest BCUT2D eigenvalue weighted by molar-refractivity contribution is -0.125. The van der Waals surface area contributed by atoms with E-state index in [9.17, 15) is 4.79 Å². The highest BCUT2D eigenvalue weighted by atomic mass is 16.5. The number of aromatic nitrogens is 4. The van der Waals surface area contributed by atoms with Crippen LogP contribution in [0.4, 0.5) is 0 Å². The van der Waals surface area contributed by atoms with Crippen LogP contribution in [-0.2, 0) is 16.0 Å². The van der Waals surface area contributed by atoms with Gasteiger partial charge in [-0.05, 0) is 24.0 Å². The van der Waals surface area contributed by atoms with Gasteiger partial charge >= 0.3 is 0 Å². The molecule has 0 unspecified atom stereocenters. The maximum Gasteiger partial charge on any atom is 0.223 e. The second-order valence-electron chi connectivity index (χ2n) is 5.69. The zero-order valence-electron chi connectivity index (χ0n) is 13.2. The normalized spacial score (nSPS) is 18.2. The molecule has 1 aliphatic heterocycles. The highest BCUT2D eigenvalue weighted by molar-refractivity contribution is 5.77. The first-order chi connectivity index (χ1) is 11.3. The van der Waals surface area contributed by atoms with Crippen molar-refractivity contribution in [3.05, 3.63) is 41.2 Å². The van der Waals surface area contributed by atoms with E-state index >= 15 is 0 Å². The third kappa shape index (κ3) is 3.73. The Bertz CT molecular complexity index is 644. The lowest BCUT2D eigenvalue weighted by atomic mass is 9.95. The van der Waals surface area contributed by atoms with Gasteiger partial charge in [-0.3, -0.25) is 4.79 Å². The highest BCUT2D eigenvalue weighted by Gasteiger charge is 2.25. The lowest BCUT2D eigenvalue weighted by Crippen LogP contribution is -2.31. The number of amides is 1. The van der Waals surface area contributed by atoms with Crippen molar-refractivity contribution in [2.45, 2.75) is 44.8 Å². The number of tetrazole rings is 1. The fourth-order valence-electron chi connectivity index (χ4n) is 2.94. The van der Waals surface area contributed by atoms with Crippen molar-refractivity contribution < 1.29 is 9.53 Å². The minimum absolute atomic E-state index is 0.0602. The van der Waals surface area contributed by atoms with Crippen LogP contribution in [0, 0.1) is 0 Å². The van der Waals surface area contributed by atoms with Gasteiger partial charge in [0.25, 0.3) is 0 Å². The summed E-state index contributed by atoms with van der Waals surface area (Å²) in [5.41, 5.74) is 2.38. The van der Waals surface area contributed by atoms with Gasteiger partial charge in [0.15, 0.2) is 5.82 Å². The van der Waals surface area contributed by atoms with Crippen LogP contribution in [0.1, 0.15) is 55.3 Å². The van der Waals surface area contributed by atoms with Gasteiger partial charge in [-0.25, -0.2) is 0 Å². The number of benzene rings is 1. The van der Waals surface area contributed by atoms with Crippen LogP contribution in [0.5, 0.6) is 0 Å². The Morgan fingerprint density at radius 1 is 1.48 bits per heavy atom. The Kier molecular flexibility index (Phi) is 4.97. The number of nitrogens with zero attached hydrogens (tertiary/aromatic N) is 3. The number of ether oxygens (including phenoxy) is 1. The van der Waals surface area contributed by atoms with Crippen LogP contribution >= 0.6 is 0 Å². The van der Waals surface area contributed by atoms with Crippen LogP contribution in [0.2, 0.25) is 0 Å². The van der Waals surface area contributed by atoms with E-state index in [1.54, 1.807) is 0 Å². The summed E-state index contributed by atoms with van der Waals surface area (Å²) in [6.45, 7) is 2.71. The molecule has 7 nitrogen and oxygen atoms in total. The number of hydrogen-bond donors (Lipinski definition) is 2. The second-order valence-corrected chi connectivity index (χ2v) is 5.69. The molecule has 2 N–H and O–H groups in total. The minimum Gasteiger partial charge on any atom is -0.373 e. The molecule has 23 heavy (non-hydrogen) atoms. The third-order valence-corrected chi connectivity index (χ3v) is 4.05. The summed E-state index contributed by atoms with van der Waals surface area (Å²) < 4.78 is 5.80. The van der Waals surface area contributed by atoms with Crippen molar-refractivity contribution in [1.29, 1.82) is 0 Å². The average Bonchev–Trinajstić information content (AvgIpc) is 3.09. The van der Waals surface area contributed by atoms with Crippen molar-refractivity contribution in [2.24, 2.45) is 0 Å².